The van der Waals surface area contributed by atoms with Crippen LogP contribution in [0.15, 0.2) is 30.3 Å². The topological polar surface area (TPSA) is 55.4 Å². The fourth-order valence-electron chi connectivity index (χ4n) is 3.26. The molecule has 1 aromatic rings. The van der Waals surface area contributed by atoms with Crippen molar-refractivity contribution in [3.05, 3.63) is 35.9 Å². The van der Waals surface area contributed by atoms with Gasteiger partial charge in [-0.3, -0.25) is 0 Å². The van der Waals surface area contributed by atoms with Crippen molar-refractivity contribution in [1.82, 2.24) is 4.72 Å². The smallest absolute Gasteiger partial charge is 0.215 e. The van der Waals surface area contributed by atoms with Crippen molar-refractivity contribution in [2.75, 3.05) is 13.2 Å². The molecule has 0 spiro atoms. The van der Waals surface area contributed by atoms with E-state index in [4.69, 9.17) is 4.74 Å². The molecule has 0 aromatic heterocycles. The van der Waals surface area contributed by atoms with Gasteiger partial charge in [0.25, 0.3) is 0 Å². The zero-order valence-corrected chi connectivity index (χ0v) is 11.3. The maximum absolute atomic E-state index is 12.3. The maximum atomic E-state index is 12.3. The minimum atomic E-state index is -3.17. The monoisotopic (exact) mass is 279 g/mol. The van der Waals surface area contributed by atoms with Crippen LogP contribution in [0.3, 0.4) is 0 Å². The van der Waals surface area contributed by atoms with Crippen molar-refractivity contribution in [2.45, 2.75) is 23.6 Å². The summed E-state index contributed by atoms with van der Waals surface area (Å²) in [6.07, 6.45) is 0.748. The van der Waals surface area contributed by atoms with Crippen LogP contribution in [-0.4, -0.2) is 32.9 Å². The Morgan fingerprint density at radius 2 is 1.79 bits per heavy atom. The predicted molar refractivity (Wildman–Crippen MR) is 71.2 cm³/mol. The highest BCUT2D eigenvalue weighted by molar-refractivity contribution is 7.90. The van der Waals surface area contributed by atoms with Gasteiger partial charge in [0, 0.05) is 23.8 Å². The lowest BCUT2D eigenvalue weighted by Crippen LogP contribution is -2.33. The molecule has 3 fully saturated rings. The Morgan fingerprint density at radius 1 is 1.11 bits per heavy atom. The summed E-state index contributed by atoms with van der Waals surface area (Å²) in [5.74, 6) is 1.01. The predicted octanol–water partition coefficient (Wildman–Crippen LogP) is 1.11. The first-order valence-electron chi connectivity index (χ1n) is 6.80. The molecule has 1 saturated heterocycles. The largest absolute Gasteiger partial charge is 0.381 e. The van der Waals surface area contributed by atoms with Crippen molar-refractivity contribution in [2.24, 2.45) is 11.8 Å². The fourth-order valence-corrected chi connectivity index (χ4v) is 5.21. The Balaban J connectivity index is 1.43. The Hall–Kier alpha value is -0.910. The van der Waals surface area contributed by atoms with E-state index in [2.05, 4.69) is 4.72 Å². The molecular weight excluding hydrogens is 262 g/mol. The van der Waals surface area contributed by atoms with Crippen LogP contribution in [-0.2, 0) is 14.8 Å². The molecule has 102 valence electrons. The van der Waals surface area contributed by atoms with Crippen LogP contribution in [0.25, 0.3) is 0 Å². The standard InChI is InChI=1S/C14H17NO3S/c16-19(17,15-14-11-7-18-8-12(11)14)13-6-10(13)9-4-2-1-3-5-9/h1-5,10-15H,6-8H2/t10-,11-,12+,13+,14?/m0/s1. The Bertz CT molecular complexity index is 576. The average molecular weight is 279 g/mol. The fraction of sp³-hybridized carbons (Fsp3) is 0.571. The summed E-state index contributed by atoms with van der Waals surface area (Å²) in [4.78, 5) is 0. The molecule has 5 heteroatoms. The first-order chi connectivity index (χ1) is 9.17. The van der Waals surface area contributed by atoms with Crippen LogP contribution in [0, 0.1) is 11.8 Å². The Labute approximate surface area is 113 Å². The molecule has 2 saturated carbocycles. The minimum Gasteiger partial charge on any atom is -0.381 e. The van der Waals surface area contributed by atoms with Gasteiger partial charge >= 0.3 is 0 Å². The van der Waals surface area contributed by atoms with E-state index in [-0.39, 0.29) is 17.2 Å². The highest BCUT2D eigenvalue weighted by Gasteiger charge is 2.58. The lowest BCUT2D eigenvalue weighted by Gasteiger charge is -2.08. The lowest BCUT2D eigenvalue weighted by molar-refractivity contribution is 0.159. The number of hydrogen-bond donors (Lipinski definition) is 1. The summed E-state index contributed by atoms with van der Waals surface area (Å²) in [5, 5.41) is -0.239. The second kappa shape index (κ2) is 4.04. The zero-order chi connectivity index (χ0) is 13.0. The van der Waals surface area contributed by atoms with Crippen LogP contribution < -0.4 is 4.72 Å². The van der Waals surface area contributed by atoms with Crippen LogP contribution in [0.1, 0.15) is 17.9 Å². The first kappa shape index (κ1) is 11.9. The van der Waals surface area contributed by atoms with Gasteiger partial charge in [-0.05, 0) is 12.0 Å². The third-order valence-electron chi connectivity index (χ3n) is 4.61. The van der Waals surface area contributed by atoms with Crippen molar-refractivity contribution in [3.8, 4) is 0 Å². The molecule has 3 aliphatic rings. The molecule has 1 aromatic carbocycles. The van der Waals surface area contributed by atoms with E-state index >= 15 is 0 Å². The first-order valence-corrected chi connectivity index (χ1v) is 8.35. The summed E-state index contributed by atoms with van der Waals surface area (Å²) in [7, 11) is -3.17. The van der Waals surface area contributed by atoms with Crippen LogP contribution >= 0.6 is 0 Å². The molecule has 1 aliphatic heterocycles. The van der Waals surface area contributed by atoms with Gasteiger partial charge in [0.15, 0.2) is 0 Å². The molecule has 19 heavy (non-hydrogen) atoms. The highest BCUT2D eigenvalue weighted by Crippen LogP contribution is 2.49. The summed E-state index contributed by atoms with van der Waals surface area (Å²) in [5.41, 5.74) is 1.14. The molecule has 4 nitrogen and oxygen atoms in total. The van der Waals surface area contributed by atoms with Gasteiger partial charge in [-0.25, -0.2) is 13.1 Å². The summed E-state index contributed by atoms with van der Waals surface area (Å²) in [6.45, 7) is 1.43. The van der Waals surface area contributed by atoms with E-state index in [1.807, 2.05) is 30.3 Å². The average Bonchev–Trinajstić information content (AvgIpc) is 3.28. The van der Waals surface area contributed by atoms with E-state index in [0.717, 1.165) is 12.0 Å². The minimum absolute atomic E-state index is 0.135. The molecule has 5 atom stereocenters. The van der Waals surface area contributed by atoms with E-state index < -0.39 is 10.0 Å². The number of fused-ring (bicyclic) bond motifs is 1. The molecule has 1 N–H and O–H groups in total. The molecule has 0 radical (unpaired) electrons. The van der Waals surface area contributed by atoms with Crippen LogP contribution in [0.2, 0.25) is 0 Å². The molecule has 2 aliphatic carbocycles. The van der Waals surface area contributed by atoms with Crippen molar-refractivity contribution < 1.29 is 13.2 Å². The van der Waals surface area contributed by atoms with Crippen molar-refractivity contribution in [3.63, 3.8) is 0 Å². The number of rotatable bonds is 4. The molecule has 1 unspecified atom stereocenters. The van der Waals surface area contributed by atoms with Gasteiger partial charge in [0.05, 0.1) is 18.5 Å². The molecule has 1 heterocycles. The van der Waals surface area contributed by atoms with E-state index in [9.17, 15) is 8.42 Å². The van der Waals surface area contributed by atoms with Gasteiger partial charge in [-0.1, -0.05) is 30.3 Å². The second-order valence-electron chi connectivity index (χ2n) is 5.85. The Morgan fingerprint density at radius 3 is 2.47 bits per heavy atom. The molecule has 0 bridgehead atoms. The number of hydrogen-bond acceptors (Lipinski definition) is 3. The molecule has 4 rings (SSSR count). The van der Waals surface area contributed by atoms with Crippen molar-refractivity contribution in [1.29, 1.82) is 0 Å². The summed E-state index contributed by atoms with van der Waals surface area (Å²) >= 11 is 0. The van der Waals surface area contributed by atoms with Gasteiger partial charge in [0.2, 0.25) is 10.0 Å². The SMILES string of the molecule is O=S(=O)(NC1[C@H]2COC[C@@H]12)[C@@H]1C[C@H]1c1ccccc1. The zero-order valence-electron chi connectivity index (χ0n) is 10.5. The highest BCUT2D eigenvalue weighted by atomic mass is 32.2. The van der Waals surface area contributed by atoms with E-state index in [1.165, 1.54) is 0 Å². The van der Waals surface area contributed by atoms with Crippen LogP contribution in [0.4, 0.5) is 0 Å². The third kappa shape index (κ3) is 2.00. The van der Waals surface area contributed by atoms with E-state index in [1.54, 1.807) is 0 Å². The van der Waals surface area contributed by atoms with Gasteiger partial charge in [0.1, 0.15) is 0 Å². The maximum Gasteiger partial charge on any atom is 0.215 e. The van der Waals surface area contributed by atoms with Gasteiger partial charge in [-0.2, -0.15) is 0 Å². The van der Waals surface area contributed by atoms with Gasteiger partial charge in [-0.15, -0.1) is 0 Å². The number of benzene rings is 1. The second-order valence-corrected chi connectivity index (χ2v) is 7.78. The summed E-state index contributed by atoms with van der Waals surface area (Å²) < 4.78 is 32.8. The van der Waals surface area contributed by atoms with Gasteiger partial charge < -0.3 is 4.74 Å². The number of ether oxygens (including phenoxy) is 1. The number of nitrogens with one attached hydrogen (secondary N) is 1. The Kier molecular flexibility index (Phi) is 2.53. The quantitative estimate of drug-likeness (QED) is 0.898. The third-order valence-corrected chi connectivity index (χ3v) is 6.53. The molecular formula is C14H17NO3S. The lowest BCUT2D eigenvalue weighted by atomic mass is 10.1. The van der Waals surface area contributed by atoms with E-state index in [0.29, 0.717) is 25.0 Å². The van der Waals surface area contributed by atoms with Crippen molar-refractivity contribution >= 4 is 10.0 Å². The number of sulfonamides is 1. The summed E-state index contributed by atoms with van der Waals surface area (Å²) in [6, 6.07) is 10.1. The normalized spacial score (nSPS) is 39.9. The molecule has 0 amide bonds. The van der Waals surface area contributed by atoms with Crippen LogP contribution in [0.5, 0.6) is 0 Å².